The second-order valence-corrected chi connectivity index (χ2v) is 6.17. The van der Waals surface area contributed by atoms with Crippen LogP contribution in [-0.4, -0.2) is 29.6 Å². The first kappa shape index (κ1) is 14.9. The summed E-state index contributed by atoms with van der Waals surface area (Å²) in [6.07, 6.45) is 4.07. The van der Waals surface area contributed by atoms with Crippen molar-refractivity contribution in [1.29, 1.82) is 0 Å². The Morgan fingerprint density at radius 2 is 2.00 bits per heavy atom. The largest absolute Gasteiger partial charge is 0.493 e. The summed E-state index contributed by atoms with van der Waals surface area (Å²) in [5.74, 6) is -0.0243. The van der Waals surface area contributed by atoms with Gasteiger partial charge in [0.15, 0.2) is 0 Å². The van der Waals surface area contributed by atoms with Crippen LogP contribution >= 0.6 is 0 Å². The maximum Gasteiger partial charge on any atom is 0.306 e. The number of rotatable bonds is 4. The highest BCUT2D eigenvalue weighted by molar-refractivity contribution is 5.79. The highest BCUT2D eigenvalue weighted by Crippen LogP contribution is 2.26. The van der Waals surface area contributed by atoms with Gasteiger partial charge in [-0.3, -0.25) is 9.59 Å². The van der Waals surface area contributed by atoms with E-state index < -0.39 is 5.97 Å². The van der Waals surface area contributed by atoms with Crippen LogP contribution in [-0.2, 0) is 22.4 Å². The molecular weight excluding hydrogens is 282 g/mol. The number of hydrogen-bond acceptors (Lipinski definition) is 3. The molecule has 3 rings (SSSR count). The number of benzene rings is 1. The summed E-state index contributed by atoms with van der Waals surface area (Å²) in [4.78, 5) is 23.1. The predicted molar refractivity (Wildman–Crippen MR) is 80.9 cm³/mol. The summed E-state index contributed by atoms with van der Waals surface area (Å²) < 4.78 is 5.46. The van der Waals surface area contributed by atoms with E-state index in [0.29, 0.717) is 19.3 Å². The zero-order valence-electron chi connectivity index (χ0n) is 12.5. The summed E-state index contributed by atoms with van der Waals surface area (Å²) in [5.41, 5.74) is 2.17. The van der Waals surface area contributed by atoms with Crippen molar-refractivity contribution in [2.75, 3.05) is 6.61 Å². The van der Waals surface area contributed by atoms with Crippen LogP contribution in [0.5, 0.6) is 5.75 Å². The first-order valence-electron chi connectivity index (χ1n) is 7.88. The maximum absolute atomic E-state index is 12.1. The molecule has 1 fully saturated rings. The van der Waals surface area contributed by atoms with Crippen molar-refractivity contribution in [2.45, 2.75) is 44.6 Å². The van der Waals surface area contributed by atoms with Gasteiger partial charge in [0, 0.05) is 12.5 Å². The Balaban J connectivity index is 1.50. The lowest BCUT2D eigenvalue weighted by Gasteiger charge is -2.26. The Labute approximate surface area is 129 Å². The first-order valence-corrected chi connectivity index (χ1v) is 7.88. The summed E-state index contributed by atoms with van der Waals surface area (Å²) in [6, 6.07) is 6.03. The van der Waals surface area contributed by atoms with Crippen molar-refractivity contribution >= 4 is 11.9 Å². The second kappa shape index (κ2) is 6.38. The van der Waals surface area contributed by atoms with Crippen LogP contribution in [0.2, 0.25) is 0 Å². The first-order chi connectivity index (χ1) is 10.6. The van der Waals surface area contributed by atoms with Crippen molar-refractivity contribution in [3.63, 3.8) is 0 Å². The monoisotopic (exact) mass is 303 g/mol. The Bertz CT molecular complexity index is 576. The van der Waals surface area contributed by atoms with Crippen molar-refractivity contribution in [3.05, 3.63) is 29.3 Å². The lowest BCUT2D eigenvalue weighted by atomic mass is 9.86. The van der Waals surface area contributed by atoms with Gasteiger partial charge in [0.05, 0.1) is 18.9 Å². The number of carboxylic acid groups (broad SMARTS) is 1. The molecule has 1 aromatic rings. The van der Waals surface area contributed by atoms with Crippen molar-refractivity contribution in [1.82, 2.24) is 5.32 Å². The standard InChI is InChI=1S/C17H21NO4/c19-16(18-14-4-2-12(3-5-14)17(20)21)10-11-1-6-15-13(9-11)7-8-22-15/h1,6,9,12,14H,2-5,7-8,10H2,(H,18,19)(H,20,21). The smallest absolute Gasteiger partial charge is 0.306 e. The van der Waals surface area contributed by atoms with Crippen LogP contribution in [0.4, 0.5) is 0 Å². The molecule has 2 N–H and O–H groups in total. The van der Waals surface area contributed by atoms with Gasteiger partial charge >= 0.3 is 5.97 Å². The highest BCUT2D eigenvalue weighted by atomic mass is 16.5. The summed E-state index contributed by atoms with van der Waals surface area (Å²) in [7, 11) is 0. The quantitative estimate of drug-likeness (QED) is 0.891. The Morgan fingerprint density at radius 1 is 1.23 bits per heavy atom. The third-order valence-electron chi connectivity index (χ3n) is 4.56. The number of carbonyl (C=O) groups is 2. The molecule has 1 amide bonds. The number of hydrogen-bond donors (Lipinski definition) is 2. The van der Waals surface area contributed by atoms with Crippen LogP contribution in [0.1, 0.15) is 36.8 Å². The Kier molecular flexibility index (Phi) is 4.32. The zero-order valence-corrected chi connectivity index (χ0v) is 12.5. The minimum Gasteiger partial charge on any atom is -0.493 e. The third kappa shape index (κ3) is 3.40. The van der Waals surface area contributed by atoms with Crippen LogP contribution in [0.25, 0.3) is 0 Å². The van der Waals surface area contributed by atoms with Crippen LogP contribution < -0.4 is 10.1 Å². The van der Waals surface area contributed by atoms with Crippen molar-refractivity contribution in [2.24, 2.45) is 5.92 Å². The SMILES string of the molecule is O=C(Cc1ccc2c(c1)CCO2)NC1CCC(C(=O)O)CC1. The number of carboxylic acids is 1. The van der Waals surface area contributed by atoms with Gasteiger partial charge in [-0.25, -0.2) is 0 Å². The van der Waals surface area contributed by atoms with Gasteiger partial charge in [-0.2, -0.15) is 0 Å². The Hall–Kier alpha value is -2.04. The van der Waals surface area contributed by atoms with E-state index in [1.54, 1.807) is 0 Å². The molecule has 5 heteroatoms. The lowest BCUT2D eigenvalue weighted by molar-refractivity contribution is -0.142. The predicted octanol–water partition coefficient (Wildman–Crippen LogP) is 1.92. The fourth-order valence-corrected chi connectivity index (χ4v) is 3.30. The minimum absolute atomic E-state index is 0.0117. The molecule has 0 bridgehead atoms. The summed E-state index contributed by atoms with van der Waals surface area (Å²) in [6.45, 7) is 0.720. The molecule has 1 aliphatic carbocycles. The fourth-order valence-electron chi connectivity index (χ4n) is 3.30. The number of carbonyl (C=O) groups excluding carboxylic acids is 1. The average molecular weight is 303 g/mol. The molecule has 1 aliphatic heterocycles. The van der Waals surface area contributed by atoms with Crippen LogP contribution in [0, 0.1) is 5.92 Å². The topological polar surface area (TPSA) is 75.6 Å². The molecule has 0 unspecified atom stereocenters. The van der Waals surface area contributed by atoms with E-state index in [2.05, 4.69) is 5.32 Å². The molecule has 0 radical (unpaired) electrons. The van der Waals surface area contributed by atoms with Gasteiger partial charge in [0.1, 0.15) is 5.75 Å². The van der Waals surface area contributed by atoms with E-state index in [1.165, 1.54) is 5.56 Å². The number of fused-ring (bicyclic) bond motifs is 1. The molecule has 2 aliphatic rings. The number of aliphatic carboxylic acids is 1. The molecule has 0 saturated heterocycles. The van der Waals surface area contributed by atoms with E-state index in [1.807, 2.05) is 18.2 Å². The van der Waals surface area contributed by atoms with E-state index >= 15 is 0 Å². The molecule has 1 saturated carbocycles. The third-order valence-corrected chi connectivity index (χ3v) is 4.56. The molecule has 118 valence electrons. The zero-order chi connectivity index (χ0) is 15.5. The minimum atomic E-state index is -0.717. The molecule has 22 heavy (non-hydrogen) atoms. The second-order valence-electron chi connectivity index (χ2n) is 6.17. The molecule has 0 atom stereocenters. The van der Waals surface area contributed by atoms with Gasteiger partial charge in [0.25, 0.3) is 0 Å². The molecule has 5 nitrogen and oxygen atoms in total. The number of nitrogens with one attached hydrogen (secondary N) is 1. The summed E-state index contributed by atoms with van der Waals surface area (Å²) >= 11 is 0. The molecule has 1 aromatic carbocycles. The van der Waals surface area contributed by atoms with Gasteiger partial charge < -0.3 is 15.2 Å². The average Bonchev–Trinajstić information content (AvgIpc) is 2.95. The number of ether oxygens (including phenoxy) is 1. The van der Waals surface area contributed by atoms with Crippen molar-refractivity contribution < 1.29 is 19.4 Å². The number of amides is 1. The van der Waals surface area contributed by atoms with E-state index in [-0.39, 0.29) is 17.9 Å². The van der Waals surface area contributed by atoms with Crippen molar-refractivity contribution in [3.8, 4) is 5.75 Å². The fraction of sp³-hybridized carbons (Fsp3) is 0.529. The lowest BCUT2D eigenvalue weighted by Crippen LogP contribution is -2.39. The molecule has 0 spiro atoms. The highest BCUT2D eigenvalue weighted by Gasteiger charge is 2.26. The van der Waals surface area contributed by atoms with E-state index in [0.717, 1.165) is 37.2 Å². The summed E-state index contributed by atoms with van der Waals surface area (Å²) in [5, 5.41) is 12.0. The maximum atomic E-state index is 12.1. The van der Waals surface area contributed by atoms with E-state index in [4.69, 9.17) is 9.84 Å². The molecule has 0 aromatic heterocycles. The van der Waals surface area contributed by atoms with Gasteiger partial charge in [0.2, 0.25) is 5.91 Å². The molecule has 1 heterocycles. The Morgan fingerprint density at radius 3 is 2.73 bits per heavy atom. The van der Waals surface area contributed by atoms with Gasteiger partial charge in [-0.15, -0.1) is 0 Å². The van der Waals surface area contributed by atoms with Crippen LogP contribution in [0.15, 0.2) is 18.2 Å². The molecular formula is C17H21NO4. The van der Waals surface area contributed by atoms with Crippen LogP contribution in [0.3, 0.4) is 0 Å². The van der Waals surface area contributed by atoms with Gasteiger partial charge in [-0.1, -0.05) is 12.1 Å². The van der Waals surface area contributed by atoms with Gasteiger partial charge in [-0.05, 0) is 42.9 Å². The normalized spacial score (nSPS) is 23.5. The van der Waals surface area contributed by atoms with E-state index in [9.17, 15) is 9.59 Å².